The van der Waals surface area contributed by atoms with Gasteiger partial charge in [0, 0.05) is 32.6 Å². The van der Waals surface area contributed by atoms with Gasteiger partial charge in [-0.05, 0) is 78.1 Å². The number of unbranched alkanes of at least 4 members (excludes halogenated alkanes) is 1. The van der Waals surface area contributed by atoms with E-state index >= 15 is 0 Å². The second-order valence-corrected chi connectivity index (χ2v) is 20.9. The average molecular weight is 1160 g/mol. The molecule has 0 aromatic carbocycles. The number of nitrogens with two attached hydrogens (primary N) is 1. The maximum atomic E-state index is 14.5. The van der Waals surface area contributed by atoms with Crippen molar-refractivity contribution in [2.75, 3.05) is 26.2 Å². The summed E-state index contributed by atoms with van der Waals surface area (Å²) < 4.78 is 0. The van der Waals surface area contributed by atoms with Gasteiger partial charge in [-0.3, -0.25) is 47.9 Å². The highest BCUT2D eigenvalue weighted by Gasteiger charge is 2.38. The molecule has 0 radical (unpaired) electrons. The number of ketones is 1. The summed E-state index contributed by atoms with van der Waals surface area (Å²) in [6.07, 6.45) is -4.17. The number of Topliss-reactive ketones (excluding diaryl/α,β-unsaturated/α-hetero) is 1. The standard InChI is InChI=1S/C45H88N14O13P4/c1-7-8-10-27-42(69)57-34(23(4)60)33(63)12-9-11-28(52-40(67)31(16-20-50-76)54-44(71)35(24(5)61)58-37(64)26(46)13-17-47-73)38(65)53-29(14-18-48-74)41(68)56-32(21-22(2)3)43(70)59-36(25(6)62)45(72)55-30(15-19-49-75)39(66)51-27/h22-32,34-36,47-50,60-62H,7-21,46,73-76H2,1-6H3,(H,51,66)(H,52,67)(H,53,65)(H,54,71)(H,55,72)(H,56,68)(H,57,69)(H,58,64)(H,59,70)/t23?,24?,25?,26-,27-,28?,29-,30-,31+,32+,34-,35-,36-/m0/s1. The van der Waals surface area contributed by atoms with Crippen molar-refractivity contribution in [1.29, 1.82) is 0 Å². The molecule has 27 nitrogen and oxygen atoms in total. The van der Waals surface area contributed by atoms with E-state index in [9.17, 15) is 63.3 Å². The van der Waals surface area contributed by atoms with Crippen molar-refractivity contribution in [1.82, 2.24) is 68.2 Å². The van der Waals surface area contributed by atoms with Gasteiger partial charge in [-0.2, -0.15) is 0 Å². The molecular weight excluding hydrogens is 1070 g/mol. The first-order valence-corrected chi connectivity index (χ1v) is 28.0. The zero-order valence-corrected chi connectivity index (χ0v) is 49.1. The molecule has 1 saturated heterocycles. The molecule has 76 heavy (non-hydrogen) atoms. The van der Waals surface area contributed by atoms with Crippen LogP contribution in [0, 0.1) is 5.92 Å². The molecule has 1 heterocycles. The molecule has 436 valence electrons. The molecule has 0 aromatic heterocycles. The van der Waals surface area contributed by atoms with Gasteiger partial charge in [-0.1, -0.05) is 71.2 Å². The lowest BCUT2D eigenvalue weighted by Crippen LogP contribution is -2.62. The fourth-order valence-electron chi connectivity index (χ4n) is 7.80. The molecule has 9 amide bonds. The number of rotatable bonds is 26. The SMILES string of the molecule is CCCC[C@@H]1NC(=O)[C@H](CCNP)NC(=O)[C@H](C(C)O)NC(=O)[C@@H](CC(C)C)NC(=O)[C@H](CCNP)NC(=O)C(NC(=O)[C@@H](CCNP)NC(=O)[C@@H](NC(=O)[C@@H](N)CCNP)C(C)O)CCCC(=O)[C@H](C(C)O)NC1=O. The Bertz CT molecular complexity index is 1900. The Hall–Kier alpha value is -3.70. The summed E-state index contributed by atoms with van der Waals surface area (Å²) >= 11 is 0. The molecule has 1 aliphatic heterocycles. The number of amides is 9. The van der Waals surface area contributed by atoms with Crippen LogP contribution >= 0.6 is 37.6 Å². The summed E-state index contributed by atoms with van der Waals surface area (Å²) in [4.78, 5) is 139. The lowest BCUT2D eigenvalue weighted by Gasteiger charge is -2.29. The highest BCUT2D eigenvalue weighted by Crippen LogP contribution is 2.13. The first kappa shape index (κ1) is 70.3. The lowest BCUT2D eigenvalue weighted by molar-refractivity contribution is -0.137. The number of aliphatic hydroxyl groups is 3. The quantitative estimate of drug-likeness (QED) is 0.0360. The van der Waals surface area contributed by atoms with Crippen molar-refractivity contribution >= 4 is 96.5 Å². The average Bonchev–Trinajstić information content (AvgIpc) is 3.36. The van der Waals surface area contributed by atoms with Crippen molar-refractivity contribution in [3.05, 3.63) is 0 Å². The van der Waals surface area contributed by atoms with Crippen molar-refractivity contribution < 1.29 is 63.3 Å². The number of aliphatic hydroxyl groups excluding tert-OH is 3. The van der Waals surface area contributed by atoms with E-state index in [-0.39, 0.29) is 83.3 Å². The normalized spacial score (nSPS) is 24.5. The summed E-state index contributed by atoms with van der Waals surface area (Å²) in [7, 11) is 9.04. The summed E-state index contributed by atoms with van der Waals surface area (Å²) in [6, 6.07) is -14.1. The van der Waals surface area contributed by atoms with Crippen LogP contribution in [0.5, 0.6) is 0 Å². The third kappa shape index (κ3) is 25.8. The molecule has 0 aliphatic carbocycles. The molecule has 1 fully saturated rings. The van der Waals surface area contributed by atoms with Gasteiger partial charge >= 0.3 is 0 Å². The lowest BCUT2D eigenvalue weighted by atomic mass is 9.98. The van der Waals surface area contributed by atoms with Crippen LogP contribution in [0.1, 0.15) is 112 Å². The first-order valence-electron chi connectivity index (χ1n) is 25.7. The molecule has 17 atom stereocenters. The molecule has 18 N–H and O–H groups in total. The Morgan fingerprint density at radius 1 is 0.592 bits per heavy atom. The number of hydrogen-bond donors (Lipinski definition) is 17. The molecule has 8 unspecified atom stereocenters. The highest BCUT2D eigenvalue weighted by molar-refractivity contribution is 7.14. The minimum absolute atomic E-state index is 0.0146. The Morgan fingerprint density at radius 3 is 1.58 bits per heavy atom. The van der Waals surface area contributed by atoms with E-state index in [1.165, 1.54) is 20.8 Å². The van der Waals surface area contributed by atoms with Gasteiger partial charge in [0.05, 0.1) is 24.4 Å². The summed E-state index contributed by atoms with van der Waals surface area (Å²) in [5, 5.41) is 66.5. The molecule has 0 spiro atoms. The van der Waals surface area contributed by atoms with E-state index in [4.69, 9.17) is 5.73 Å². The zero-order valence-electron chi connectivity index (χ0n) is 44.5. The predicted octanol–water partition coefficient (Wildman–Crippen LogP) is -5.11. The Labute approximate surface area is 455 Å². The molecular formula is C45H88N14O13P4. The number of carbonyl (C=O) groups is 10. The molecule has 31 heteroatoms. The summed E-state index contributed by atoms with van der Waals surface area (Å²) in [5.74, 6) is -8.82. The Kier molecular flexibility index (Phi) is 35.2. The van der Waals surface area contributed by atoms with E-state index in [2.05, 4.69) is 106 Å². The van der Waals surface area contributed by atoms with E-state index in [1.807, 2.05) is 6.92 Å². The van der Waals surface area contributed by atoms with Crippen molar-refractivity contribution in [3.8, 4) is 0 Å². The van der Waals surface area contributed by atoms with Gasteiger partial charge in [0.2, 0.25) is 53.2 Å². The summed E-state index contributed by atoms with van der Waals surface area (Å²) in [5.41, 5.74) is 5.97. The second kappa shape index (κ2) is 38.0. The number of nitrogens with one attached hydrogen (secondary N) is 13. The topological polar surface area (TPSA) is 414 Å². The third-order valence-corrected chi connectivity index (χ3v) is 13.3. The molecule has 0 bridgehead atoms. The third-order valence-electron chi connectivity index (χ3n) is 12.2. The zero-order chi connectivity index (χ0) is 57.7. The Morgan fingerprint density at radius 2 is 1.07 bits per heavy atom. The van der Waals surface area contributed by atoms with Crippen LogP contribution < -0.4 is 73.9 Å². The second-order valence-electron chi connectivity index (χ2n) is 19.3. The van der Waals surface area contributed by atoms with Crippen LogP contribution in [0.25, 0.3) is 0 Å². The monoisotopic (exact) mass is 1160 g/mol. The van der Waals surface area contributed by atoms with Crippen LogP contribution in [-0.4, -0.2) is 179 Å². The fourth-order valence-corrected chi connectivity index (χ4v) is 8.47. The fraction of sp³-hybridized carbons (Fsp3) is 0.778. The Balaban J connectivity index is 3.97. The van der Waals surface area contributed by atoms with E-state index < -0.39 is 138 Å². The van der Waals surface area contributed by atoms with Crippen LogP contribution in [0.4, 0.5) is 0 Å². The van der Waals surface area contributed by atoms with Crippen molar-refractivity contribution in [2.45, 2.75) is 191 Å². The van der Waals surface area contributed by atoms with E-state index in [0.29, 0.717) is 19.4 Å². The van der Waals surface area contributed by atoms with Crippen LogP contribution in [0.3, 0.4) is 0 Å². The van der Waals surface area contributed by atoms with Gasteiger partial charge in [0.25, 0.3) is 0 Å². The number of hydrogen-bond acceptors (Lipinski definition) is 18. The van der Waals surface area contributed by atoms with Crippen molar-refractivity contribution in [2.24, 2.45) is 11.7 Å². The molecule has 0 saturated carbocycles. The largest absolute Gasteiger partial charge is 0.391 e. The highest BCUT2D eigenvalue weighted by atomic mass is 31.0. The van der Waals surface area contributed by atoms with Gasteiger partial charge in [0.15, 0.2) is 5.78 Å². The van der Waals surface area contributed by atoms with Gasteiger partial charge in [-0.25, -0.2) is 0 Å². The molecule has 0 aromatic rings. The number of carbonyl (C=O) groups excluding carboxylic acids is 10. The molecule has 1 rings (SSSR count). The maximum absolute atomic E-state index is 14.5. The van der Waals surface area contributed by atoms with E-state index in [1.54, 1.807) is 13.8 Å². The van der Waals surface area contributed by atoms with E-state index in [0.717, 1.165) is 0 Å². The van der Waals surface area contributed by atoms with Crippen LogP contribution in [0.2, 0.25) is 0 Å². The minimum Gasteiger partial charge on any atom is -0.391 e. The van der Waals surface area contributed by atoms with Crippen LogP contribution in [-0.2, 0) is 47.9 Å². The van der Waals surface area contributed by atoms with Crippen molar-refractivity contribution in [3.63, 3.8) is 0 Å². The first-order chi connectivity index (χ1) is 35.9. The smallest absolute Gasteiger partial charge is 0.245 e. The molecule has 1 aliphatic rings. The predicted molar refractivity (Wildman–Crippen MR) is 298 cm³/mol. The maximum Gasteiger partial charge on any atom is 0.245 e. The summed E-state index contributed by atoms with van der Waals surface area (Å²) in [6.45, 7) is 9.88. The van der Waals surface area contributed by atoms with Gasteiger partial charge < -0.3 is 89.3 Å². The van der Waals surface area contributed by atoms with Crippen LogP contribution in [0.15, 0.2) is 0 Å². The van der Waals surface area contributed by atoms with Gasteiger partial charge in [-0.15, -0.1) is 0 Å². The van der Waals surface area contributed by atoms with Gasteiger partial charge in [0.1, 0.15) is 54.4 Å². The minimum atomic E-state index is -1.67.